The molecule has 2 heterocycles. The number of nitro benzene ring substituents is 1. The largest absolute Gasteiger partial charge is 0.452 e. The molecule has 0 radical (unpaired) electrons. The number of aryl methyl sites for hydroxylation is 1. The molecule has 0 fully saturated rings. The highest BCUT2D eigenvalue weighted by molar-refractivity contribution is 7.22. The summed E-state index contributed by atoms with van der Waals surface area (Å²) in [7, 11) is 0. The molecule has 4 aromatic rings. The Morgan fingerprint density at radius 2 is 1.94 bits per heavy atom. The zero-order valence-corrected chi connectivity index (χ0v) is 18.1. The number of non-ortho nitro benzene ring substituents is 1. The molecule has 162 valence electrons. The number of hydrogen-bond acceptors (Lipinski definition) is 8. The molecule has 0 saturated carbocycles. The number of rotatable bonds is 6. The number of thiazole rings is 1. The lowest BCUT2D eigenvalue weighted by molar-refractivity contribution is -0.384. The van der Waals surface area contributed by atoms with Crippen molar-refractivity contribution in [2.75, 3.05) is 11.9 Å². The standard InChI is InChI=1S/C22H18N4O5S/c1-3-15-12(2)20(14-6-4-5-7-16(14)23-15)21(28)31-11-19(27)25-22-24-17-9-8-13(26(29)30)10-18(17)32-22/h4-10H,3,11H2,1-2H3,(H,24,25,27). The van der Waals surface area contributed by atoms with Gasteiger partial charge < -0.3 is 4.74 Å². The third-order valence-corrected chi connectivity index (χ3v) is 5.87. The van der Waals surface area contributed by atoms with E-state index in [9.17, 15) is 19.7 Å². The summed E-state index contributed by atoms with van der Waals surface area (Å²) in [5.41, 5.74) is 3.08. The molecule has 0 aliphatic rings. The summed E-state index contributed by atoms with van der Waals surface area (Å²) in [5.74, 6) is -1.16. The molecule has 0 spiro atoms. The summed E-state index contributed by atoms with van der Waals surface area (Å²) < 4.78 is 5.85. The SMILES string of the molecule is CCc1nc2ccccc2c(C(=O)OCC(=O)Nc2nc3ccc([N+](=O)[O-])cc3s2)c1C. The van der Waals surface area contributed by atoms with E-state index in [0.717, 1.165) is 22.6 Å². The van der Waals surface area contributed by atoms with Gasteiger partial charge in [0.05, 0.1) is 26.2 Å². The monoisotopic (exact) mass is 450 g/mol. The average molecular weight is 450 g/mol. The van der Waals surface area contributed by atoms with Crippen molar-refractivity contribution in [1.82, 2.24) is 9.97 Å². The number of anilines is 1. The van der Waals surface area contributed by atoms with E-state index in [0.29, 0.717) is 33.1 Å². The van der Waals surface area contributed by atoms with Crippen LogP contribution in [0.25, 0.3) is 21.1 Å². The zero-order chi connectivity index (χ0) is 22.8. The average Bonchev–Trinajstić information content (AvgIpc) is 3.18. The van der Waals surface area contributed by atoms with E-state index < -0.39 is 23.4 Å². The molecule has 2 aromatic carbocycles. The van der Waals surface area contributed by atoms with Gasteiger partial charge in [-0.2, -0.15) is 0 Å². The lowest BCUT2D eigenvalue weighted by atomic mass is 10.0. The number of pyridine rings is 1. The molecule has 1 N–H and O–H groups in total. The minimum Gasteiger partial charge on any atom is -0.452 e. The van der Waals surface area contributed by atoms with Crippen LogP contribution in [0, 0.1) is 17.0 Å². The first-order valence-electron chi connectivity index (χ1n) is 9.77. The molecule has 2 aromatic heterocycles. The highest BCUT2D eigenvalue weighted by atomic mass is 32.1. The number of fused-ring (bicyclic) bond motifs is 2. The minimum absolute atomic E-state index is 0.0562. The summed E-state index contributed by atoms with van der Waals surface area (Å²) in [6.45, 7) is 3.28. The molecule has 0 aliphatic heterocycles. The molecular weight excluding hydrogens is 432 g/mol. The second kappa shape index (κ2) is 8.67. The molecule has 32 heavy (non-hydrogen) atoms. The lowest BCUT2D eigenvalue weighted by Gasteiger charge is -2.13. The number of nitrogens with one attached hydrogen (secondary N) is 1. The first kappa shape index (κ1) is 21.3. The third kappa shape index (κ3) is 4.12. The molecule has 0 aliphatic carbocycles. The number of hydrogen-bond donors (Lipinski definition) is 1. The van der Waals surface area contributed by atoms with Crippen molar-refractivity contribution in [2.24, 2.45) is 0 Å². The van der Waals surface area contributed by atoms with E-state index in [1.54, 1.807) is 6.07 Å². The third-order valence-electron chi connectivity index (χ3n) is 4.94. The van der Waals surface area contributed by atoms with Gasteiger partial charge in [-0.3, -0.25) is 25.2 Å². The Bertz CT molecular complexity index is 1380. The Balaban J connectivity index is 1.49. The van der Waals surface area contributed by atoms with Gasteiger partial charge >= 0.3 is 5.97 Å². The Hall–Kier alpha value is -3.92. The van der Waals surface area contributed by atoms with Gasteiger partial charge in [-0.25, -0.2) is 9.78 Å². The normalized spacial score (nSPS) is 10.9. The first-order chi connectivity index (χ1) is 15.4. The van der Waals surface area contributed by atoms with Gasteiger partial charge in [0.2, 0.25) is 0 Å². The number of carbonyl (C=O) groups excluding carboxylic acids is 2. The number of para-hydroxylation sites is 1. The molecule has 4 rings (SSSR count). The fourth-order valence-electron chi connectivity index (χ4n) is 3.40. The van der Waals surface area contributed by atoms with Gasteiger partial charge in [-0.05, 0) is 31.0 Å². The molecule has 1 amide bonds. The van der Waals surface area contributed by atoms with Crippen LogP contribution < -0.4 is 5.32 Å². The van der Waals surface area contributed by atoms with Gasteiger partial charge in [0.25, 0.3) is 11.6 Å². The predicted molar refractivity (Wildman–Crippen MR) is 121 cm³/mol. The van der Waals surface area contributed by atoms with Crippen molar-refractivity contribution in [1.29, 1.82) is 0 Å². The summed E-state index contributed by atoms with van der Waals surface area (Å²) in [4.78, 5) is 44.4. The molecular formula is C22H18N4O5S. The van der Waals surface area contributed by atoms with E-state index in [1.807, 2.05) is 32.0 Å². The van der Waals surface area contributed by atoms with Gasteiger partial charge in [0.15, 0.2) is 11.7 Å². The predicted octanol–water partition coefficient (Wildman–Crippen LogP) is 4.42. The van der Waals surface area contributed by atoms with Crippen LogP contribution in [0.5, 0.6) is 0 Å². The molecule has 0 unspecified atom stereocenters. The number of benzene rings is 2. The van der Waals surface area contributed by atoms with Crippen LogP contribution in [0.4, 0.5) is 10.8 Å². The highest BCUT2D eigenvalue weighted by Gasteiger charge is 2.20. The Labute approximate surface area is 186 Å². The Morgan fingerprint density at radius 3 is 2.69 bits per heavy atom. The Morgan fingerprint density at radius 1 is 1.16 bits per heavy atom. The number of amides is 1. The number of carbonyl (C=O) groups is 2. The van der Waals surface area contributed by atoms with Crippen molar-refractivity contribution >= 4 is 55.2 Å². The van der Waals surface area contributed by atoms with Crippen LogP contribution in [0.3, 0.4) is 0 Å². The van der Waals surface area contributed by atoms with E-state index in [1.165, 1.54) is 18.2 Å². The molecule has 0 bridgehead atoms. The number of nitro groups is 1. The van der Waals surface area contributed by atoms with Crippen molar-refractivity contribution in [3.8, 4) is 0 Å². The zero-order valence-electron chi connectivity index (χ0n) is 17.2. The molecule has 10 heteroatoms. The summed E-state index contributed by atoms with van der Waals surface area (Å²) in [5, 5.41) is 14.4. The second-order valence-corrected chi connectivity index (χ2v) is 8.01. The van der Waals surface area contributed by atoms with Crippen LogP contribution in [-0.2, 0) is 16.0 Å². The Kier molecular flexibility index (Phi) is 5.78. The number of nitrogens with zero attached hydrogens (tertiary/aromatic N) is 3. The lowest BCUT2D eigenvalue weighted by Crippen LogP contribution is -2.21. The smallest absolute Gasteiger partial charge is 0.339 e. The fraction of sp³-hybridized carbons (Fsp3) is 0.182. The number of aromatic nitrogens is 2. The van der Waals surface area contributed by atoms with Gasteiger partial charge in [0, 0.05) is 23.2 Å². The van der Waals surface area contributed by atoms with Crippen molar-refractivity contribution < 1.29 is 19.2 Å². The molecule has 0 saturated heterocycles. The van der Waals surface area contributed by atoms with E-state index in [4.69, 9.17) is 4.74 Å². The van der Waals surface area contributed by atoms with Gasteiger partial charge in [-0.15, -0.1) is 0 Å². The highest BCUT2D eigenvalue weighted by Crippen LogP contribution is 2.29. The van der Waals surface area contributed by atoms with Crippen molar-refractivity contribution in [3.63, 3.8) is 0 Å². The van der Waals surface area contributed by atoms with Crippen LogP contribution in [0.15, 0.2) is 42.5 Å². The molecule has 0 atom stereocenters. The maximum atomic E-state index is 12.8. The topological polar surface area (TPSA) is 124 Å². The van der Waals surface area contributed by atoms with Gasteiger partial charge in [0.1, 0.15) is 0 Å². The van der Waals surface area contributed by atoms with Crippen LogP contribution in [0.1, 0.15) is 28.5 Å². The van der Waals surface area contributed by atoms with E-state index >= 15 is 0 Å². The summed E-state index contributed by atoms with van der Waals surface area (Å²) in [6, 6.07) is 11.5. The molecule has 9 nitrogen and oxygen atoms in total. The van der Waals surface area contributed by atoms with E-state index in [-0.39, 0.29) is 10.8 Å². The second-order valence-electron chi connectivity index (χ2n) is 6.98. The van der Waals surface area contributed by atoms with Gasteiger partial charge in [-0.1, -0.05) is 36.5 Å². The van der Waals surface area contributed by atoms with Crippen molar-refractivity contribution in [3.05, 3.63) is 69.4 Å². The van der Waals surface area contributed by atoms with Crippen LogP contribution in [0.2, 0.25) is 0 Å². The number of esters is 1. The number of ether oxygens (including phenoxy) is 1. The quantitative estimate of drug-likeness (QED) is 0.262. The van der Waals surface area contributed by atoms with Crippen molar-refractivity contribution in [2.45, 2.75) is 20.3 Å². The maximum absolute atomic E-state index is 12.8. The van der Waals surface area contributed by atoms with Crippen LogP contribution in [-0.4, -0.2) is 33.4 Å². The fourth-order valence-corrected chi connectivity index (χ4v) is 4.32. The first-order valence-corrected chi connectivity index (χ1v) is 10.6. The summed E-state index contributed by atoms with van der Waals surface area (Å²) >= 11 is 1.10. The van der Waals surface area contributed by atoms with E-state index in [2.05, 4.69) is 15.3 Å². The summed E-state index contributed by atoms with van der Waals surface area (Å²) in [6.07, 6.45) is 0.660. The minimum atomic E-state index is -0.606. The van der Waals surface area contributed by atoms with Crippen LogP contribution >= 0.6 is 11.3 Å². The maximum Gasteiger partial charge on any atom is 0.339 e.